The van der Waals surface area contributed by atoms with Crippen molar-refractivity contribution in [2.75, 3.05) is 24.5 Å². The van der Waals surface area contributed by atoms with Crippen LogP contribution in [-0.4, -0.2) is 35.4 Å². The summed E-state index contributed by atoms with van der Waals surface area (Å²) in [5.74, 6) is 0.340. The van der Waals surface area contributed by atoms with E-state index in [1.165, 1.54) is 11.1 Å². The molecule has 0 atom stereocenters. The Bertz CT molecular complexity index is 1190. The van der Waals surface area contributed by atoms with Crippen LogP contribution in [0.15, 0.2) is 48.7 Å². The van der Waals surface area contributed by atoms with Crippen molar-refractivity contribution in [3.05, 3.63) is 70.9 Å². The van der Waals surface area contributed by atoms with E-state index in [0.717, 1.165) is 67.6 Å². The van der Waals surface area contributed by atoms with Gasteiger partial charge in [-0.2, -0.15) is 5.26 Å². The summed E-state index contributed by atoms with van der Waals surface area (Å²) >= 11 is 0. The van der Waals surface area contributed by atoms with Gasteiger partial charge in [0.2, 0.25) is 5.91 Å². The summed E-state index contributed by atoms with van der Waals surface area (Å²) in [4.78, 5) is 22.0. The lowest BCUT2D eigenvalue weighted by molar-refractivity contribution is -0.137. The number of fused-ring (bicyclic) bond motifs is 2. The fourth-order valence-corrected chi connectivity index (χ4v) is 5.01. The van der Waals surface area contributed by atoms with Crippen LogP contribution in [0.1, 0.15) is 35.1 Å². The molecule has 2 aliphatic heterocycles. The third-order valence-electron chi connectivity index (χ3n) is 6.72. The normalized spacial score (nSPS) is 16.8. The van der Waals surface area contributed by atoms with Gasteiger partial charge in [-0.05, 0) is 49.4 Å². The van der Waals surface area contributed by atoms with Gasteiger partial charge in [0.1, 0.15) is 6.07 Å². The summed E-state index contributed by atoms with van der Waals surface area (Å²) in [7, 11) is 0. The monoisotopic (exact) mass is 410 g/mol. The number of rotatable bonds is 2. The minimum absolute atomic E-state index is 0.0573. The second kappa shape index (κ2) is 8.03. The van der Waals surface area contributed by atoms with E-state index in [9.17, 15) is 10.1 Å². The molecule has 5 nitrogen and oxygen atoms in total. The van der Waals surface area contributed by atoms with Crippen LogP contribution in [0, 0.1) is 24.2 Å². The Morgan fingerprint density at radius 3 is 2.65 bits per heavy atom. The van der Waals surface area contributed by atoms with Crippen LogP contribution in [0.25, 0.3) is 10.9 Å². The molecule has 0 aliphatic carbocycles. The van der Waals surface area contributed by atoms with E-state index in [2.05, 4.69) is 53.2 Å². The Morgan fingerprint density at radius 1 is 1.10 bits per heavy atom. The molecule has 0 saturated carbocycles. The highest BCUT2D eigenvalue weighted by Crippen LogP contribution is 2.34. The Kier molecular flexibility index (Phi) is 5.07. The maximum Gasteiger partial charge on any atom is 0.226 e. The lowest BCUT2D eigenvalue weighted by Gasteiger charge is -2.37. The van der Waals surface area contributed by atoms with Gasteiger partial charge in [-0.15, -0.1) is 0 Å². The quantitative estimate of drug-likeness (QED) is 0.635. The lowest BCUT2D eigenvalue weighted by atomic mass is 9.92. The fourth-order valence-electron chi connectivity index (χ4n) is 5.01. The minimum Gasteiger partial charge on any atom is -0.370 e. The number of hydrogen-bond acceptors (Lipinski definition) is 4. The molecule has 0 unspecified atom stereocenters. The Balaban J connectivity index is 1.33. The number of amides is 1. The number of nitriles is 1. The average molecular weight is 411 g/mol. The van der Waals surface area contributed by atoms with Crippen molar-refractivity contribution in [3.63, 3.8) is 0 Å². The van der Waals surface area contributed by atoms with Crippen molar-refractivity contribution in [1.82, 2.24) is 9.88 Å². The highest BCUT2D eigenvalue weighted by Gasteiger charge is 2.31. The van der Waals surface area contributed by atoms with Crippen molar-refractivity contribution in [2.24, 2.45) is 5.92 Å². The molecule has 1 amide bonds. The van der Waals surface area contributed by atoms with Gasteiger partial charge in [0.05, 0.1) is 16.8 Å². The molecule has 0 spiro atoms. The smallest absolute Gasteiger partial charge is 0.226 e. The molecule has 3 heterocycles. The van der Waals surface area contributed by atoms with Gasteiger partial charge in [-0.1, -0.05) is 35.9 Å². The van der Waals surface area contributed by atoms with Crippen LogP contribution in [-0.2, 0) is 17.8 Å². The maximum atomic E-state index is 13.2. The first-order valence-electron chi connectivity index (χ1n) is 11.0. The maximum absolute atomic E-state index is 13.2. The van der Waals surface area contributed by atoms with Crippen molar-refractivity contribution >= 4 is 22.5 Å². The van der Waals surface area contributed by atoms with E-state index >= 15 is 0 Å². The number of carbonyl (C=O) groups is 1. The van der Waals surface area contributed by atoms with Gasteiger partial charge in [-0.3, -0.25) is 9.78 Å². The standard InChI is InChI=1S/C26H26N4O/c1-18-6-7-24-23(14-18)25(22(15-27)16-28-24)29-11-9-20(10-12-29)26(31)30-13-8-19-4-2-3-5-21(19)17-30/h2-7,14,16,20H,8-13,17H2,1H3. The van der Waals surface area contributed by atoms with Gasteiger partial charge in [0.15, 0.2) is 0 Å². The minimum atomic E-state index is 0.0573. The zero-order valence-corrected chi connectivity index (χ0v) is 17.8. The second-order valence-corrected chi connectivity index (χ2v) is 8.69. The molecule has 5 rings (SSSR count). The second-order valence-electron chi connectivity index (χ2n) is 8.69. The number of anilines is 1. The molecular weight excluding hydrogens is 384 g/mol. The van der Waals surface area contributed by atoms with E-state index < -0.39 is 0 Å². The van der Waals surface area contributed by atoms with Gasteiger partial charge in [0.25, 0.3) is 0 Å². The number of pyridine rings is 1. The van der Waals surface area contributed by atoms with Crippen LogP contribution in [0.5, 0.6) is 0 Å². The predicted molar refractivity (Wildman–Crippen MR) is 122 cm³/mol. The molecule has 1 fully saturated rings. The Morgan fingerprint density at radius 2 is 1.87 bits per heavy atom. The first kappa shape index (κ1) is 19.6. The first-order valence-corrected chi connectivity index (χ1v) is 11.0. The summed E-state index contributed by atoms with van der Waals surface area (Å²) in [6.07, 6.45) is 4.25. The van der Waals surface area contributed by atoms with Crippen LogP contribution < -0.4 is 4.90 Å². The third-order valence-corrected chi connectivity index (χ3v) is 6.72. The predicted octanol–water partition coefficient (Wildman–Crippen LogP) is 4.22. The van der Waals surface area contributed by atoms with Crippen molar-refractivity contribution in [1.29, 1.82) is 5.26 Å². The zero-order chi connectivity index (χ0) is 21.4. The highest BCUT2D eigenvalue weighted by atomic mass is 16.2. The van der Waals surface area contributed by atoms with Gasteiger partial charge < -0.3 is 9.80 Å². The Labute approximate surface area is 182 Å². The average Bonchev–Trinajstić information content (AvgIpc) is 2.82. The largest absolute Gasteiger partial charge is 0.370 e. The molecule has 2 aliphatic rings. The summed E-state index contributed by atoms with van der Waals surface area (Å²) in [6, 6.07) is 16.9. The number of aromatic nitrogens is 1. The fraction of sp³-hybridized carbons (Fsp3) is 0.346. The summed E-state index contributed by atoms with van der Waals surface area (Å²) in [5.41, 5.74) is 6.28. The first-order chi connectivity index (χ1) is 15.1. The molecule has 3 aromatic rings. The van der Waals surface area contributed by atoms with E-state index in [-0.39, 0.29) is 11.8 Å². The van der Waals surface area contributed by atoms with Gasteiger partial charge in [0, 0.05) is 43.7 Å². The number of benzene rings is 2. The number of aryl methyl sites for hydroxylation is 1. The van der Waals surface area contributed by atoms with Crippen LogP contribution >= 0.6 is 0 Å². The number of carbonyl (C=O) groups excluding carboxylic acids is 1. The molecule has 1 aromatic heterocycles. The highest BCUT2D eigenvalue weighted by molar-refractivity contribution is 5.95. The molecule has 1 saturated heterocycles. The summed E-state index contributed by atoms with van der Waals surface area (Å²) in [5, 5.41) is 10.7. The van der Waals surface area contributed by atoms with E-state index in [1.54, 1.807) is 6.20 Å². The van der Waals surface area contributed by atoms with Crippen LogP contribution in [0.4, 0.5) is 5.69 Å². The molecule has 156 valence electrons. The topological polar surface area (TPSA) is 60.2 Å². The molecule has 0 radical (unpaired) electrons. The Hall–Kier alpha value is -3.39. The lowest BCUT2D eigenvalue weighted by Crippen LogP contribution is -2.44. The SMILES string of the molecule is Cc1ccc2ncc(C#N)c(N3CCC(C(=O)N4CCc5ccccc5C4)CC3)c2c1. The summed E-state index contributed by atoms with van der Waals surface area (Å²) in [6.45, 7) is 5.15. The number of nitrogens with zero attached hydrogens (tertiary/aromatic N) is 4. The van der Waals surface area contributed by atoms with Gasteiger partial charge >= 0.3 is 0 Å². The molecule has 0 N–H and O–H groups in total. The van der Waals surface area contributed by atoms with Gasteiger partial charge in [-0.25, -0.2) is 0 Å². The number of hydrogen-bond donors (Lipinski definition) is 0. The molecular formula is C26H26N4O. The number of piperidine rings is 1. The molecule has 31 heavy (non-hydrogen) atoms. The zero-order valence-electron chi connectivity index (χ0n) is 17.8. The van der Waals surface area contributed by atoms with Crippen molar-refractivity contribution in [2.45, 2.75) is 32.7 Å². The van der Waals surface area contributed by atoms with Crippen LogP contribution in [0.3, 0.4) is 0 Å². The molecule has 2 aromatic carbocycles. The van der Waals surface area contributed by atoms with E-state index in [0.29, 0.717) is 5.56 Å². The summed E-state index contributed by atoms with van der Waals surface area (Å²) < 4.78 is 0. The molecule has 5 heteroatoms. The third kappa shape index (κ3) is 3.63. The van der Waals surface area contributed by atoms with E-state index in [1.807, 2.05) is 17.0 Å². The molecule has 0 bridgehead atoms. The van der Waals surface area contributed by atoms with Crippen molar-refractivity contribution < 1.29 is 4.79 Å². The van der Waals surface area contributed by atoms with Crippen molar-refractivity contribution in [3.8, 4) is 6.07 Å². The van der Waals surface area contributed by atoms with E-state index in [4.69, 9.17) is 0 Å². The van der Waals surface area contributed by atoms with Crippen LogP contribution in [0.2, 0.25) is 0 Å².